The molecule has 0 unspecified atom stereocenters. The monoisotopic (exact) mass is 168 g/mol. The van der Waals surface area contributed by atoms with Gasteiger partial charge >= 0.3 is 0 Å². The number of hydrogen-bond acceptors (Lipinski definition) is 1. The molecule has 0 aromatic heterocycles. The Morgan fingerprint density at radius 3 is 2.73 bits per heavy atom. The molecule has 58 valence electrons. The van der Waals surface area contributed by atoms with E-state index in [0.717, 1.165) is 29.9 Å². The Bertz CT molecular complexity index is 273. The molecule has 0 spiro atoms. The molecule has 0 amide bonds. The molecule has 2 aliphatic carbocycles. The van der Waals surface area contributed by atoms with Crippen molar-refractivity contribution in [3.05, 3.63) is 22.3 Å². The molecule has 0 atom stereocenters. The summed E-state index contributed by atoms with van der Waals surface area (Å²) in [6, 6.07) is 0. The highest BCUT2D eigenvalue weighted by Gasteiger charge is 2.23. The smallest absolute Gasteiger partial charge is 0.163 e. The van der Waals surface area contributed by atoms with Gasteiger partial charge in [-0.05, 0) is 25.3 Å². The zero-order valence-corrected chi connectivity index (χ0v) is 6.95. The van der Waals surface area contributed by atoms with Gasteiger partial charge in [0.2, 0.25) is 0 Å². The maximum atomic E-state index is 11.2. The van der Waals surface area contributed by atoms with Crippen LogP contribution in [0.4, 0.5) is 0 Å². The third-order valence-electron chi connectivity index (χ3n) is 2.30. The van der Waals surface area contributed by atoms with Crippen molar-refractivity contribution in [2.24, 2.45) is 0 Å². The van der Waals surface area contributed by atoms with Crippen LogP contribution in [0.2, 0.25) is 0 Å². The van der Waals surface area contributed by atoms with Gasteiger partial charge in [-0.25, -0.2) is 0 Å². The molecule has 11 heavy (non-hydrogen) atoms. The van der Waals surface area contributed by atoms with Gasteiger partial charge in [-0.2, -0.15) is 0 Å². The summed E-state index contributed by atoms with van der Waals surface area (Å²) in [5.41, 5.74) is 2.22. The molecule has 2 rings (SSSR count). The predicted molar refractivity (Wildman–Crippen MR) is 44.4 cm³/mol. The number of halogens is 1. The standard InChI is InChI=1S/C9H9ClO/c10-7-3-1-6-2-4-9(11)8(6)5-7/h5H,1-4H2. The lowest BCUT2D eigenvalue weighted by molar-refractivity contribution is -0.114. The fourth-order valence-corrected chi connectivity index (χ4v) is 1.88. The first-order valence-corrected chi connectivity index (χ1v) is 4.26. The van der Waals surface area contributed by atoms with E-state index in [0.29, 0.717) is 6.42 Å². The summed E-state index contributed by atoms with van der Waals surface area (Å²) >= 11 is 5.82. The second-order valence-corrected chi connectivity index (χ2v) is 3.52. The number of ketones is 1. The molecule has 0 saturated carbocycles. The van der Waals surface area contributed by atoms with E-state index in [9.17, 15) is 4.79 Å². The summed E-state index contributed by atoms with van der Waals surface area (Å²) in [5, 5.41) is 0.832. The second kappa shape index (κ2) is 2.49. The molecule has 0 saturated heterocycles. The van der Waals surface area contributed by atoms with Crippen LogP contribution in [0.5, 0.6) is 0 Å². The number of allylic oxidation sites excluding steroid dienone is 4. The quantitative estimate of drug-likeness (QED) is 0.544. The minimum Gasteiger partial charge on any atom is -0.294 e. The molecule has 0 radical (unpaired) electrons. The molecule has 0 aliphatic heterocycles. The fraction of sp³-hybridized carbons (Fsp3) is 0.444. The van der Waals surface area contributed by atoms with E-state index in [2.05, 4.69) is 0 Å². The lowest BCUT2D eigenvalue weighted by atomic mass is 10.00. The van der Waals surface area contributed by atoms with Gasteiger partial charge in [-0.15, -0.1) is 0 Å². The first-order chi connectivity index (χ1) is 5.27. The largest absolute Gasteiger partial charge is 0.294 e. The van der Waals surface area contributed by atoms with Gasteiger partial charge in [0, 0.05) is 17.0 Å². The minimum atomic E-state index is 0.276. The predicted octanol–water partition coefficient (Wildman–Crippen LogP) is 2.56. The Morgan fingerprint density at radius 2 is 1.91 bits per heavy atom. The van der Waals surface area contributed by atoms with Crippen LogP contribution in [-0.2, 0) is 4.79 Å². The lowest BCUT2D eigenvalue weighted by Crippen LogP contribution is -1.97. The number of Topliss-reactive ketones (excluding diaryl/α,β-unsaturated/α-hetero) is 1. The topological polar surface area (TPSA) is 17.1 Å². The number of rotatable bonds is 0. The second-order valence-electron chi connectivity index (χ2n) is 3.03. The van der Waals surface area contributed by atoms with E-state index >= 15 is 0 Å². The molecule has 2 heteroatoms. The summed E-state index contributed by atoms with van der Waals surface area (Å²) in [4.78, 5) is 11.2. The van der Waals surface area contributed by atoms with Crippen molar-refractivity contribution >= 4 is 17.4 Å². The minimum absolute atomic E-state index is 0.276. The van der Waals surface area contributed by atoms with Gasteiger partial charge in [0.05, 0.1) is 0 Å². The third-order valence-corrected chi connectivity index (χ3v) is 2.60. The zero-order chi connectivity index (χ0) is 7.84. The van der Waals surface area contributed by atoms with E-state index in [-0.39, 0.29) is 5.78 Å². The average Bonchev–Trinajstić information content (AvgIpc) is 2.33. The van der Waals surface area contributed by atoms with Crippen LogP contribution in [0.25, 0.3) is 0 Å². The van der Waals surface area contributed by atoms with Crippen LogP contribution in [0.1, 0.15) is 25.7 Å². The molecule has 0 aromatic rings. The van der Waals surface area contributed by atoms with E-state index < -0.39 is 0 Å². The van der Waals surface area contributed by atoms with Crippen molar-refractivity contribution in [2.45, 2.75) is 25.7 Å². The van der Waals surface area contributed by atoms with E-state index in [1.807, 2.05) is 6.08 Å². The SMILES string of the molecule is O=C1CCC2=C1C=C(Cl)CC2. The number of hydrogen-bond donors (Lipinski definition) is 0. The van der Waals surface area contributed by atoms with Crippen LogP contribution >= 0.6 is 11.6 Å². The molecule has 0 N–H and O–H groups in total. The van der Waals surface area contributed by atoms with Gasteiger partial charge in [-0.1, -0.05) is 17.2 Å². The van der Waals surface area contributed by atoms with Crippen molar-refractivity contribution in [3.8, 4) is 0 Å². The summed E-state index contributed by atoms with van der Waals surface area (Å²) in [6.45, 7) is 0. The van der Waals surface area contributed by atoms with Gasteiger partial charge < -0.3 is 0 Å². The molecule has 0 bridgehead atoms. The van der Waals surface area contributed by atoms with Gasteiger partial charge in [0.25, 0.3) is 0 Å². The third kappa shape index (κ3) is 1.14. The molecule has 2 aliphatic rings. The first kappa shape index (κ1) is 7.11. The highest BCUT2D eigenvalue weighted by molar-refractivity contribution is 6.30. The van der Waals surface area contributed by atoms with Crippen LogP contribution in [-0.4, -0.2) is 5.78 Å². The Labute approximate surface area is 70.7 Å². The summed E-state index contributed by atoms with van der Waals surface area (Å²) < 4.78 is 0. The zero-order valence-electron chi connectivity index (χ0n) is 6.19. The van der Waals surface area contributed by atoms with Crippen LogP contribution in [0.15, 0.2) is 22.3 Å². The highest BCUT2D eigenvalue weighted by Crippen LogP contribution is 2.34. The Morgan fingerprint density at radius 1 is 1.18 bits per heavy atom. The van der Waals surface area contributed by atoms with Crippen LogP contribution in [0, 0.1) is 0 Å². The van der Waals surface area contributed by atoms with Gasteiger partial charge in [0.15, 0.2) is 5.78 Å². The molecular weight excluding hydrogens is 160 g/mol. The van der Waals surface area contributed by atoms with Crippen molar-refractivity contribution < 1.29 is 4.79 Å². The molecule has 0 fully saturated rings. The van der Waals surface area contributed by atoms with Crippen LogP contribution in [0.3, 0.4) is 0 Å². The lowest BCUT2D eigenvalue weighted by Gasteiger charge is -2.08. The van der Waals surface area contributed by atoms with Gasteiger partial charge in [-0.3, -0.25) is 4.79 Å². The van der Waals surface area contributed by atoms with Crippen molar-refractivity contribution in [2.75, 3.05) is 0 Å². The number of carbonyl (C=O) groups excluding carboxylic acids is 1. The Hall–Kier alpha value is -0.560. The average molecular weight is 169 g/mol. The Balaban J connectivity index is 2.39. The normalized spacial score (nSPS) is 23.7. The van der Waals surface area contributed by atoms with Crippen LogP contribution < -0.4 is 0 Å². The number of carbonyl (C=O) groups is 1. The van der Waals surface area contributed by atoms with Crippen molar-refractivity contribution in [3.63, 3.8) is 0 Å². The molecular formula is C9H9ClO. The van der Waals surface area contributed by atoms with E-state index in [1.165, 1.54) is 5.57 Å². The Kier molecular flexibility index (Phi) is 1.61. The maximum Gasteiger partial charge on any atom is 0.163 e. The molecule has 0 aromatic carbocycles. The summed E-state index contributed by atoms with van der Waals surface area (Å²) in [6.07, 6.45) is 5.43. The highest BCUT2D eigenvalue weighted by atomic mass is 35.5. The summed E-state index contributed by atoms with van der Waals surface area (Å²) in [5.74, 6) is 0.276. The summed E-state index contributed by atoms with van der Waals surface area (Å²) in [7, 11) is 0. The molecule has 0 heterocycles. The van der Waals surface area contributed by atoms with Crippen molar-refractivity contribution in [1.29, 1.82) is 0 Å². The van der Waals surface area contributed by atoms with Crippen molar-refractivity contribution in [1.82, 2.24) is 0 Å². The van der Waals surface area contributed by atoms with E-state index in [4.69, 9.17) is 11.6 Å². The first-order valence-electron chi connectivity index (χ1n) is 3.88. The van der Waals surface area contributed by atoms with E-state index in [1.54, 1.807) is 0 Å². The molecule has 1 nitrogen and oxygen atoms in total. The fourth-order valence-electron chi connectivity index (χ4n) is 1.67. The maximum absolute atomic E-state index is 11.2. The van der Waals surface area contributed by atoms with Gasteiger partial charge in [0.1, 0.15) is 0 Å².